The first-order valence-electron chi connectivity index (χ1n) is 12.7. The lowest BCUT2D eigenvalue weighted by atomic mass is 9.87. The Morgan fingerprint density at radius 3 is 1.97 bits per heavy atom. The van der Waals surface area contributed by atoms with Gasteiger partial charge >= 0.3 is 0 Å². The average Bonchev–Trinajstić information content (AvgIpc) is 2.82. The zero-order valence-corrected chi connectivity index (χ0v) is 25.5. The molecule has 210 valence electrons. The first-order valence-corrected chi connectivity index (χ1v) is 15.3. The van der Waals surface area contributed by atoms with Crippen LogP contribution in [0.1, 0.15) is 65.5 Å². The Morgan fingerprint density at radius 2 is 1.53 bits per heavy atom. The summed E-state index contributed by atoms with van der Waals surface area (Å²) in [7, 11) is -3.83. The fraction of sp³-hybridized carbons (Fsp3) is 0.500. The van der Waals surface area contributed by atoms with Crippen molar-refractivity contribution in [3.63, 3.8) is 0 Å². The molecule has 1 N–H and O–H groups in total. The first kappa shape index (κ1) is 31.9. The standard InChI is InChI=1S/C28H39Cl2N3O4S/c1-8-19(3)31-27(35)25(9-2)32(17-22-23(29)11-10-12-24(22)30)26(34)18-33(38(7,36)37)21-15-13-20(14-16-21)28(4,5)6/h10-16,19,25H,8-9,17-18H2,1-7H3,(H,31,35)/t19-,25+/m0/s1. The van der Waals surface area contributed by atoms with E-state index in [0.29, 0.717) is 27.7 Å². The third-order valence-corrected chi connectivity index (χ3v) is 8.33. The molecular formula is C28H39Cl2N3O4S. The maximum Gasteiger partial charge on any atom is 0.244 e. The second-order valence-electron chi connectivity index (χ2n) is 10.5. The number of benzene rings is 2. The molecule has 2 atom stereocenters. The molecule has 0 saturated carbocycles. The van der Waals surface area contributed by atoms with E-state index in [1.807, 2.05) is 26.0 Å². The normalized spacial score (nSPS) is 13.5. The molecular weight excluding hydrogens is 545 g/mol. The Balaban J connectivity index is 2.51. The highest BCUT2D eigenvalue weighted by atomic mass is 35.5. The fourth-order valence-electron chi connectivity index (χ4n) is 3.96. The summed E-state index contributed by atoms with van der Waals surface area (Å²) in [5, 5.41) is 3.64. The molecule has 0 saturated heterocycles. The maximum absolute atomic E-state index is 13.8. The largest absolute Gasteiger partial charge is 0.352 e. The highest BCUT2D eigenvalue weighted by Gasteiger charge is 2.33. The van der Waals surface area contributed by atoms with Crippen LogP contribution in [0.15, 0.2) is 42.5 Å². The zero-order chi connectivity index (χ0) is 28.8. The van der Waals surface area contributed by atoms with E-state index in [4.69, 9.17) is 23.2 Å². The Morgan fingerprint density at radius 1 is 0.974 bits per heavy atom. The lowest BCUT2D eigenvalue weighted by molar-refractivity contribution is -0.140. The lowest BCUT2D eigenvalue weighted by Gasteiger charge is -2.34. The molecule has 7 nitrogen and oxygen atoms in total. The van der Waals surface area contributed by atoms with Crippen molar-refractivity contribution in [2.75, 3.05) is 17.1 Å². The van der Waals surface area contributed by atoms with Crippen molar-refractivity contribution >= 4 is 50.7 Å². The molecule has 2 rings (SSSR count). The molecule has 0 aromatic heterocycles. The van der Waals surface area contributed by atoms with Crippen LogP contribution < -0.4 is 9.62 Å². The van der Waals surface area contributed by atoms with Crippen LogP contribution in [0.5, 0.6) is 0 Å². The van der Waals surface area contributed by atoms with E-state index < -0.39 is 28.5 Å². The maximum atomic E-state index is 13.8. The van der Waals surface area contributed by atoms with E-state index in [9.17, 15) is 18.0 Å². The summed E-state index contributed by atoms with van der Waals surface area (Å²) in [5.74, 6) is -0.865. The number of carbonyl (C=O) groups excluding carboxylic acids is 2. The molecule has 10 heteroatoms. The molecule has 0 bridgehead atoms. The SMILES string of the molecule is CC[C@H](C(=O)N[C@@H](C)CC)N(Cc1c(Cl)cccc1Cl)C(=O)CN(c1ccc(C(C)(C)C)cc1)S(C)(=O)=O. The number of carbonyl (C=O) groups is 2. The van der Waals surface area contributed by atoms with Crippen molar-refractivity contribution < 1.29 is 18.0 Å². The number of rotatable bonds is 11. The highest BCUT2D eigenvalue weighted by Crippen LogP contribution is 2.29. The van der Waals surface area contributed by atoms with Crippen LogP contribution in [0.2, 0.25) is 10.0 Å². The third-order valence-electron chi connectivity index (χ3n) is 6.48. The summed E-state index contributed by atoms with van der Waals surface area (Å²) in [6.45, 7) is 11.3. The van der Waals surface area contributed by atoms with Gasteiger partial charge in [0.15, 0.2) is 0 Å². The van der Waals surface area contributed by atoms with Gasteiger partial charge in [0.05, 0.1) is 11.9 Å². The smallest absolute Gasteiger partial charge is 0.244 e. The van der Waals surface area contributed by atoms with Crippen LogP contribution in [-0.4, -0.2) is 50.0 Å². The summed E-state index contributed by atoms with van der Waals surface area (Å²) >= 11 is 12.8. The van der Waals surface area contributed by atoms with Crippen molar-refractivity contribution in [2.24, 2.45) is 0 Å². The van der Waals surface area contributed by atoms with Crippen LogP contribution in [0.3, 0.4) is 0 Å². The van der Waals surface area contributed by atoms with Crippen LogP contribution in [-0.2, 0) is 31.6 Å². The number of anilines is 1. The van der Waals surface area contributed by atoms with Gasteiger partial charge in [-0.15, -0.1) is 0 Å². The van der Waals surface area contributed by atoms with Gasteiger partial charge in [0.1, 0.15) is 12.6 Å². The van der Waals surface area contributed by atoms with Crippen molar-refractivity contribution in [2.45, 2.75) is 78.4 Å². The van der Waals surface area contributed by atoms with Crippen molar-refractivity contribution in [1.29, 1.82) is 0 Å². The van der Waals surface area contributed by atoms with E-state index in [2.05, 4.69) is 26.1 Å². The molecule has 0 aliphatic carbocycles. The average molecular weight is 585 g/mol. The van der Waals surface area contributed by atoms with Gasteiger partial charge in [0.25, 0.3) is 0 Å². The van der Waals surface area contributed by atoms with E-state index in [1.54, 1.807) is 37.3 Å². The Bertz CT molecular complexity index is 1210. The van der Waals surface area contributed by atoms with Gasteiger partial charge in [-0.25, -0.2) is 8.42 Å². The number of sulfonamides is 1. The van der Waals surface area contributed by atoms with Crippen LogP contribution >= 0.6 is 23.2 Å². The summed E-state index contributed by atoms with van der Waals surface area (Å²) in [5.41, 5.74) is 1.76. The van der Waals surface area contributed by atoms with E-state index in [0.717, 1.165) is 22.5 Å². The quantitative estimate of drug-likeness (QED) is 0.363. The van der Waals surface area contributed by atoms with Crippen LogP contribution in [0, 0.1) is 0 Å². The van der Waals surface area contributed by atoms with Gasteiger partial charge in [0.2, 0.25) is 21.8 Å². The fourth-order valence-corrected chi connectivity index (χ4v) is 5.32. The second kappa shape index (κ2) is 13.2. The van der Waals surface area contributed by atoms with Gasteiger partial charge in [-0.2, -0.15) is 0 Å². The van der Waals surface area contributed by atoms with Gasteiger partial charge in [0, 0.05) is 28.2 Å². The summed E-state index contributed by atoms with van der Waals surface area (Å²) in [6, 6.07) is 11.2. The summed E-state index contributed by atoms with van der Waals surface area (Å²) < 4.78 is 26.7. The minimum Gasteiger partial charge on any atom is -0.352 e. The monoisotopic (exact) mass is 583 g/mol. The number of nitrogens with zero attached hydrogens (tertiary/aromatic N) is 2. The van der Waals surface area contributed by atoms with E-state index in [-0.39, 0.29) is 23.9 Å². The van der Waals surface area contributed by atoms with E-state index >= 15 is 0 Å². The Kier molecular flexibility index (Phi) is 11.1. The van der Waals surface area contributed by atoms with Crippen LogP contribution in [0.4, 0.5) is 5.69 Å². The molecule has 0 aliphatic rings. The minimum absolute atomic E-state index is 0.0513. The van der Waals surface area contributed by atoms with E-state index in [1.165, 1.54) is 4.90 Å². The number of hydrogen-bond acceptors (Lipinski definition) is 4. The van der Waals surface area contributed by atoms with Crippen LogP contribution in [0.25, 0.3) is 0 Å². The Labute approximate surface area is 237 Å². The second-order valence-corrected chi connectivity index (χ2v) is 13.3. The van der Waals surface area contributed by atoms with Gasteiger partial charge in [-0.05, 0) is 55.0 Å². The first-order chi connectivity index (χ1) is 17.6. The molecule has 2 aromatic carbocycles. The predicted molar refractivity (Wildman–Crippen MR) is 156 cm³/mol. The lowest BCUT2D eigenvalue weighted by Crippen LogP contribution is -2.53. The highest BCUT2D eigenvalue weighted by molar-refractivity contribution is 7.92. The molecule has 0 radical (unpaired) electrons. The number of nitrogens with one attached hydrogen (secondary N) is 1. The van der Waals surface area contributed by atoms with Gasteiger partial charge in [-0.3, -0.25) is 13.9 Å². The van der Waals surface area contributed by atoms with Gasteiger partial charge < -0.3 is 10.2 Å². The molecule has 0 unspecified atom stereocenters. The van der Waals surface area contributed by atoms with Crippen molar-refractivity contribution in [3.8, 4) is 0 Å². The molecule has 0 aliphatic heterocycles. The third kappa shape index (κ3) is 8.35. The molecule has 2 aromatic rings. The van der Waals surface area contributed by atoms with Crippen molar-refractivity contribution in [3.05, 3.63) is 63.6 Å². The minimum atomic E-state index is -3.83. The molecule has 0 fully saturated rings. The predicted octanol–water partition coefficient (Wildman–Crippen LogP) is 5.78. The molecule has 0 heterocycles. The molecule has 38 heavy (non-hydrogen) atoms. The summed E-state index contributed by atoms with van der Waals surface area (Å²) in [6.07, 6.45) is 2.09. The Hall–Kier alpha value is -2.29. The summed E-state index contributed by atoms with van der Waals surface area (Å²) in [4.78, 5) is 28.4. The number of halogens is 2. The topological polar surface area (TPSA) is 86.8 Å². The molecule has 0 spiro atoms. The van der Waals surface area contributed by atoms with Crippen molar-refractivity contribution in [1.82, 2.24) is 10.2 Å². The zero-order valence-electron chi connectivity index (χ0n) is 23.2. The molecule has 2 amide bonds. The number of amides is 2. The van der Waals surface area contributed by atoms with Gasteiger partial charge in [-0.1, -0.05) is 76.0 Å². The number of hydrogen-bond donors (Lipinski definition) is 1.